The molecule has 1 N–H and O–H groups in total. The molecule has 0 unspecified atom stereocenters. The van der Waals surface area contributed by atoms with Gasteiger partial charge in [-0.3, -0.25) is 0 Å². The van der Waals surface area contributed by atoms with E-state index in [4.69, 9.17) is 0 Å². The molecule has 1 nitrogen and oxygen atoms in total. The van der Waals surface area contributed by atoms with Crippen LogP contribution in [0.5, 0.6) is 0 Å². The molecule has 0 radical (unpaired) electrons. The van der Waals surface area contributed by atoms with E-state index in [1.165, 1.54) is 53.7 Å². The number of hydrogen-bond donors (Lipinski definition) is 1. The fourth-order valence-electron chi connectivity index (χ4n) is 4.54. The molecule has 4 rings (SSSR count). The van der Waals surface area contributed by atoms with E-state index in [1.807, 2.05) is 0 Å². The van der Waals surface area contributed by atoms with E-state index in [0.29, 0.717) is 6.04 Å². The van der Waals surface area contributed by atoms with Crippen LogP contribution in [-0.2, 0) is 0 Å². The normalized spacial score (nSPS) is 15.3. The fraction of sp³-hybridized carbons (Fsp3) is 0.333. The van der Waals surface area contributed by atoms with Crippen molar-refractivity contribution in [2.24, 2.45) is 0 Å². The quantitative estimate of drug-likeness (QED) is 0.388. The molecule has 0 aliphatic heterocycles. The van der Waals surface area contributed by atoms with Crippen LogP contribution in [-0.4, -0.2) is 14.1 Å². The SMILES string of the molecule is C[Si](C)(C)c1cccc(P(c2ccccc2)c2ccccc2)c1NC1CCCCC1. The van der Waals surface area contributed by atoms with Crippen molar-refractivity contribution in [2.75, 3.05) is 5.32 Å². The Kier molecular flexibility index (Phi) is 6.76. The van der Waals surface area contributed by atoms with E-state index < -0.39 is 16.0 Å². The molecular weight excluding hydrogens is 397 g/mol. The maximum absolute atomic E-state index is 4.10. The average Bonchev–Trinajstić information content (AvgIpc) is 2.76. The highest BCUT2D eigenvalue weighted by atomic mass is 31.1. The monoisotopic (exact) mass is 431 g/mol. The first kappa shape index (κ1) is 21.3. The largest absolute Gasteiger partial charge is 0.382 e. The van der Waals surface area contributed by atoms with Crippen molar-refractivity contribution in [3.05, 3.63) is 78.9 Å². The van der Waals surface area contributed by atoms with Crippen LogP contribution in [0.25, 0.3) is 0 Å². The second-order valence-electron chi connectivity index (χ2n) is 9.44. The maximum atomic E-state index is 4.10. The lowest BCUT2D eigenvalue weighted by atomic mass is 9.95. The Morgan fingerprint density at radius 2 is 1.27 bits per heavy atom. The van der Waals surface area contributed by atoms with Crippen LogP contribution < -0.4 is 26.4 Å². The summed E-state index contributed by atoms with van der Waals surface area (Å²) in [6.45, 7) is 7.43. The molecule has 3 aromatic carbocycles. The smallest absolute Gasteiger partial charge is 0.0803 e. The minimum absolute atomic E-state index is 0.597. The first-order chi connectivity index (χ1) is 14.5. The number of hydrogen-bond acceptors (Lipinski definition) is 1. The molecule has 0 saturated heterocycles. The molecule has 1 fully saturated rings. The third kappa shape index (κ3) is 4.87. The summed E-state index contributed by atoms with van der Waals surface area (Å²) in [7, 11) is -2.09. The fourth-order valence-corrected chi connectivity index (χ4v) is 8.63. The number of anilines is 1. The van der Waals surface area contributed by atoms with Crippen LogP contribution in [0.15, 0.2) is 78.9 Å². The molecule has 3 heteroatoms. The van der Waals surface area contributed by atoms with E-state index in [1.54, 1.807) is 5.19 Å². The Morgan fingerprint density at radius 3 is 1.80 bits per heavy atom. The van der Waals surface area contributed by atoms with Crippen LogP contribution in [0.2, 0.25) is 19.6 Å². The molecule has 0 bridgehead atoms. The minimum Gasteiger partial charge on any atom is -0.382 e. The van der Waals surface area contributed by atoms with Crippen LogP contribution in [0.3, 0.4) is 0 Å². The summed E-state index contributed by atoms with van der Waals surface area (Å²) in [5.41, 5.74) is 1.45. The second-order valence-corrected chi connectivity index (χ2v) is 16.7. The third-order valence-corrected chi connectivity index (χ3v) is 10.6. The summed E-state index contributed by atoms with van der Waals surface area (Å²) < 4.78 is 0. The summed E-state index contributed by atoms with van der Waals surface area (Å²) >= 11 is 0. The molecule has 3 aromatic rings. The lowest BCUT2D eigenvalue weighted by Crippen LogP contribution is -2.44. The van der Waals surface area contributed by atoms with Gasteiger partial charge in [-0.15, -0.1) is 0 Å². The van der Waals surface area contributed by atoms with Crippen molar-refractivity contribution in [1.29, 1.82) is 0 Å². The van der Waals surface area contributed by atoms with Gasteiger partial charge in [-0.25, -0.2) is 0 Å². The topological polar surface area (TPSA) is 12.0 Å². The standard InChI is InChI=1S/C27H34NPSi/c1-30(2,3)26-21-13-20-25(27(26)28-22-14-7-4-8-15-22)29(23-16-9-5-10-17-23)24-18-11-6-12-19-24/h5-6,9-13,16-22,28H,4,7-8,14-15H2,1-3H3. The van der Waals surface area contributed by atoms with Crippen molar-refractivity contribution in [1.82, 2.24) is 0 Å². The van der Waals surface area contributed by atoms with Crippen LogP contribution in [0, 0.1) is 0 Å². The zero-order valence-corrected chi connectivity index (χ0v) is 20.5. The Balaban J connectivity index is 1.88. The molecule has 1 saturated carbocycles. The van der Waals surface area contributed by atoms with Gasteiger partial charge in [0, 0.05) is 17.0 Å². The maximum Gasteiger partial charge on any atom is 0.0803 e. The van der Waals surface area contributed by atoms with E-state index in [9.17, 15) is 0 Å². The molecule has 0 amide bonds. The van der Waals surface area contributed by atoms with Crippen molar-refractivity contribution in [3.63, 3.8) is 0 Å². The Hall–Kier alpha value is -1.89. The molecule has 30 heavy (non-hydrogen) atoms. The van der Waals surface area contributed by atoms with E-state index in [2.05, 4.69) is 104 Å². The molecule has 0 heterocycles. The van der Waals surface area contributed by atoms with E-state index in [-0.39, 0.29) is 0 Å². The first-order valence-corrected chi connectivity index (χ1v) is 16.2. The average molecular weight is 432 g/mol. The van der Waals surface area contributed by atoms with E-state index in [0.717, 1.165) is 0 Å². The zero-order valence-electron chi connectivity index (χ0n) is 18.6. The molecular formula is C27H34NPSi. The van der Waals surface area contributed by atoms with Crippen molar-refractivity contribution < 1.29 is 0 Å². The predicted molar refractivity (Wildman–Crippen MR) is 139 cm³/mol. The van der Waals surface area contributed by atoms with Gasteiger partial charge in [0.25, 0.3) is 0 Å². The van der Waals surface area contributed by atoms with Crippen molar-refractivity contribution in [3.8, 4) is 0 Å². The lowest BCUT2D eigenvalue weighted by molar-refractivity contribution is 0.463. The summed E-state index contributed by atoms with van der Waals surface area (Å²) in [5.74, 6) is 0. The number of benzene rings is 3. The van der Waals surface area contributed by atoms with Gasteiger partial charge >= 0.3 is 0 Å². The summed E-state index contributed by atoms with van der Waals surface area (Å²) in [4.78, 5) is 0. The number of nitrogens with one attached hydrogen (secondary N) is 1. The summed E-state index contributed by atoms with van der Waals surface area (Å²) in [6, 6.07) is 29.9. The number of rotatable bonds is 6. The van der Waals surface area contributed by atoms with Crippen molar-refractivity contribution in [2.45, 2.75) is 57.8 Å². The third-order valence-electron chi connectivity index (χ3n) is 6.07. The highest BCUT2D eigenvalue weighted by molar-refractivity contribution is 7.80. The molecule has 156 valence electrons. The van der Waals surface area contributed by atoms with Crippen LogP contribution >= 0.6 is 7.92 Å². The molecule has 0 spiro atoms. The highest BCUT2D eigenvalue weighted by Gasteiger charge is 2.28. The molecule has 0 atom stereocenters. The Bertz CT molecular complexity index is 904. The predicted octanol–water partition coefficient (Wildman–Crippen LogP) is 5.73. The van der Waals surface area contributed by atoms with Gasteiger partial charge in [-0.2, -0.15) is 0 Å². The lowest BCUT2D eigenvalue weighted by Gasteiger charge is -2.32. The molecule has 1 aliphatic rings. The van der Waals surface area contributed by atoms with Gasteiger partial charge < -0.3 is 5.32 Å². The molecule has 1 aliphatic carbocycles. The summed E-state index contributed by atoms with van der Waals surface area (Å²) in [6.07, 6.45) is 6.70. The van der Waals surface area contributed by atoms with E-state index >= 15 is 0 Å². The highest BCUT2D eigenvalue weighted by Crippen LogP contribution is 2.36. The van der Waals surface area contributed by atoms with Crippen LogP contribution in [0.4, 0.5) is 5.69 Å². The van der Waals surface area contributed by atoms with Gasteiger partial charge in [0.1, 0.15) is 0 Å². The Labute approximate surface area is 184 Å². The zero-order chi connectivity index (χ0) is 21.0. The molecule has 0 aromatic heterocycles. The summed E-state index contributed by atoms with van der Waals surface area (Å²) in [5, 5.41) is 10.0. The van der Waals surface area contributed by atoms with Gasteiger partial charge in [0.2, 0.25) is 0 Å². The first-order valence-electron chi connectivity index (χ1n) is 11.3. The second kappa shape index (κ2) is 9.50. The minimum atomic E-state index is -1.49. The van der Waals surface area contributed by atoms with Crippen molar-refractivity contribution >= 4 is 42.8 Å². The van der Waals surface area contributed by atoms with Gasteiger partial charge in [-0.1, -0.05) is 118 Å². The van der Waals surface area contributed by atoms with Gasteiger partial charge in [0.05, 0.1) is 8.07 Å². The number of para-hydroxylation sites is 1. The van der Waals surface area contributed by atoms with Crippen LogP contribution in [0.1, 0.15) is 32.1 Å². The Morgan fingerprint density at radius 1 is 0.700 bits per heavy atom. The van der Waals surface area contributed by atoms with Gasteiger partial charge in [0.15, 0.2) is 0 Å². The van der Waals surface area contributed by atoms with Gasteiger partial charge in [-0.05, 0) is 36.6 Å².